The van der Waals surface area contributed by atoms with Crippen molar-refractivity contribution in [2.24, 2.45) is 11.3 Å². The highest BCUT2D eigenvalue weighted by molar-refractivity contribution is 6.30. The number of nitrogens with two attached hydrogens (primary N) is 1. The Morgan fingerprint density at radius 2 is 2.12 bits per heavy atom. The maximum Gasteiger partial charge on any atom is 0.141 e. The zero-order chi connectivity index (χ0) is 13.1. The fraction of sp³-hybridized carbons (Fsp3) is 0.538. The van der Waals surface area contributed by atoms with Crippen molar-refractivity contribution in [2.75, 3.05) is 0 Å². The first-order valence-electron chi connectivity index (χ1n) is 5.80. The summed E-state index contributed by atoms with van der Waals surface area (Å²) in [5.41, 5.74) is 3.90. The van der Waals surface area contributed by atoms with Crippen LogP contribution < -0.4 is 11.3 Å². The Balaban J connectivity index is 2.84. The van der Waals surface area contributed by atoms with E-state index in [1.54, 1.807) is 12.1 Å². The lowest BCUT2D eigenvalue weighted by molar-refractivity contribution is 0.231. The van der Waals surface area contributed by atoms with Crippen molar-refractivity contribution in [1.82, 2.24) is 5.43 Å². The number of benzene rings is 1. The van der Waals surface area contributed by atoms with Gasteiger partial charge in [0.1, 0.15) is 5.82 Å². The van der Waals surface area contributed by atoms with Gasteiger partial charge in [-0.05, 0) is 36.0 Å². The Hall–Kier alpha value is -0.640. The highest BCUT2D eigenvalue weighted by Gasteiger charge is 2.26. The monoisotopic (exact) mass is 258 g/mol. The summed E-state index contributed by atoms with van der Waals surface area (Å²) in [6, 6.07) is 4.93. The molecule has 0 saturated heterocycles. The van der Waals surface area contributed by atoms with Gasteiger partial charge in [0, 0.05) is 6.04 Å². The smallest absolute Gasteiger partial charge is 0.141 e. The molecule has 3 N–H and O–H groups in total. The molecule has 0 heterocycles. The van der Waals surface area contributed by atoms with Crippen LogP contribution in [0, 0.1) is 11.2 Å². The zero-order valence-corrected chi connectivity index (χ0v) is 11.3. The predicted molar refractivity (Wildman–Crippen MR) is 70.3 cm³/mol. The summed E-state index contributed by atoms with van der Waals surface area (Å²) in [5.74, 6) is 5.21. The van der Waals surface area contributed by atoms with E-state index in [-0.39, 0.29) is 22.3 Å². The van der Waals surface area contributed by atoms with E-state index >= 15 is 0 Å². The summed E-state index contributed by atoms with van der Waals surface area (Å²) in [6.07, 6.45) is 1.74. The lowest BCUT2D eigenvalue weighted by Gasteiger charge is -2.33. The SMILES string of the molecule is CCC(C)(C)C(Cc1ccc(F)c(Cl)c1)NN. The summed E-state index contributed by atoms with van der Waals surface area (Å²) >= 11 is 5.76. The van der Waals surface area contributed by atoms with Crippen molar-refractivity contribution >= 4 is 11.6 Å². The fourth-order valence-electron chi connectivity index (χ4n) is 1.71. The maximum absolute atomic E-state index is 13.0. The average Bonchev–Trinajstić information content (AvgIpc) is 2.30. The van der Waals surface area contributed by atoms with Gasteiger partial charge >= 0.3 is 0 Å². The van der Waals surface area contributed by atoms with Crippen LogP contribution in [0.25, 0.3) is 0 Å². The largest absolute Gasteiger partial charge is 0.271 e. The fourth-order valence-corrected chi connectivity index (χ4v) is 1.91. The van der Waals surface area contributed by atoms with Crippen LogP contribution in [-0.4, -0.2) is 6.04 Å². The third-order valence-corrected chi connectivity index (χ3v) is 3.77. The second kappa shape index (κ2) is 5.80. The molecule has 0 aromatic heterocycles. The van der Waals surface area contributed by atoms with Gasteiger partial charge in [-0.25, -0.2) is 4.39 Å². The quantitative estimate of drug-likeness (QED) is 0.628. The molecule has 1 unspecified atom stereocenters. The van der Waals surface area contributed by atoms with Gasteiger partial charge < -0.3 is 0 Å². The van der Waals surface area contributed by atoms with E-state index in [0.29, 0.717) is 0 Å². The van der Waals surface area contributed by atoms with Crippen molar-refractivity contribution in [1.29, 1.82) is 0 Å². The van der Waals surface area contributed by atoms with Crippen LogP contribution in [0.4, 0.5) is 4.39 Å². The minimum absolute atomic E-state index is 0.0790. The molecule has 96 valence electrons. The molecular weight excluding hydrogens is 239 g/mol. The van der Waals surface area contributed by atoms with Gasteiger partial charge in [-0.15, -0.1) is 0 Å². The summed E-state index contributed by atoms with van der Waals surface area (Å²) in [6.45, 7) is 6.44. The first kappa shape index (κ1) is 14.4. The molecule has 1 aromatic rings. The van der Waals surface area contributed by atoms with E-state index in [0.717, 1.165) is 18.4 Å². The average molecular weight is 259 g/mol. The molecule has 0 aliphatic carbocycles. The van der Waals surface area contributed by atoms with E-state index in [4.69, 9.17) is 17.4 Å². The van der Waals surface area contributed by atoms with Gasteiger partial charge in [0.25, 0.3) is 0 Å². The summed E-state index contributed by atoms with van der Waals surface area (Å²) < 4.78 is 13.0. The van der Waals surface area contributed by atoms with E-state index in [2.05, 4.69) is 26.2 Å². The zero-order valence-electron chi connectivity index (χ0n) is 10.6. The van der Waals surface area contributed by atoms with Gasteiger partial charge in [0.15, 0.2) is 0 Å². The number of hydrogen-bond acceptors (Lipinski definition) is 2. The van der Waals surface area contributed by atoms with Crippen molar-refractivity contribution in [3.63, 3.8) is 0 Å². The van der Waals surface area contributed by atoms with Gasteiger partial charge in [-0.2, -0.15) is 0 Å². The molecule has 1 atom stereocenters. The minimum atomic E-state index is -0.387. The van der Waals surface area contributed by atoms with Crippen molar-refractivity contribution in [3.05, 3.63) is 34.6 Å². The predicted octanol–water partition coefficient (Wildman–Crippen LogP) is 3.29. The van der Waals surface area contributed by atoms with Crippen molar-refractivity contribution < 1.29 is 4.39 Å². The number of halogens is 2. The van der Waals surface area contributed by atoms with Crippen LogP contribution in [0.5, 0.6) is 0 Å². The molecular formula is C13H20ClFN2. The van der Waals surface area contributed by atoms with Crippen LogP contribution in [0.15, 0.2) is 18.2 Å². The van der Waals surface area contributed by atoms with Gasteiger partial charge in [-0.1, -0.05) is 38.4 Å². The summed E-state index contributed by atoms with van der Waals surface area (Å²) in [5, 5.41) is 0.160. The molecule has 0 radical (unpaired) electrons. The molecule has 2 nitrogen and oxygen atoms in total. The highest BCUT2D eigenvalue weighted by Crippen LogP contribution is 2.27. The number of hydrazine groups is 1. The lowest BCUT2D eigenvalue weighted by Crippen LogP contribution is -2.46. The molecule has 0 bridgehead atoms. The second-order valence-corrected chi connectivity index (χ2v) is 5.42. The Labute approximate surface area is 107 Å². The molecule has 17 heavy (non-hydrogen) atoms. The standard InChI is InChI=1S/C13H20ClFN2/c1-4-13(2,3)12(17-16)8-9-5-6-11(15)10(14)7-9/h5-7,12,17H,4,8,16H2,1-3H3. The van der Waals surface area contributed by atoms with Gasteiger partial charge in [0.2, 0.25) is 0 Å². The highest BCUT2D eigenvalue weighted by atomic mass is 35.5. The second-order valence-electron chi connectivity index (χ2n) is 5.01. The topological polar surface area (TPSA) is 38.0 Å². The van der Waals surface area contributed by atoms with Gasteiger partial charge in [0.05, 0.1) is 5.02 Å². The molecule has 1 rings (SSSR count). The number of nitrogens with one attached hydrogen (secondary N) is 1. The summed E-state index contributed by atoms with van der Waals surface area (Å²) in [7, 11) is 0. The Kier molecular flexibility index (Phi) is 4.92. The van der Waals surface area contributed by atoms with E-state index in [1.807, 2.05) is 0 Å². The van der Waals surface area contributed by atoms with Crippen LogP contribution in [-0.2, 0) is 6.42 Å². The Morgan fingerprint density at radius 1 is 1.47 bits per heavy atom. The molecule has 0 fully saturated rings. The summed E-state index contributed by atoms with van der Waals surface area (Å²) in [4.78, 5) is 0. The molecule has 0 saturated carbocycles. The van der Waals surface area contributed by atoms with Gasteiger partial charge in [-0.3, -0.25) is 11.3 Å². The molecule has 0 aliphatic rings. The maximum atomic E-state index is 13.0. The third kappa shape index (κ3) is 3.66. The molecule has 4 heteroatoms. The molecule has 0 spiro atoms. The first-order valence-corrected chi connectivity index (χ1v) is 6.18. The van der Waals surface area contributed by atoms with E-state index < -0.39 is 0 Å². The van der Waals surface area contributed by atoms with Crippen molar-refractivity contribution in [2.45, 2.75) is 39.7 Å². The normalized spacial score (nSPS) is 13.8. The van der Waals surface area contributed by atoms with E-state index in [9.17, 15) is 4.39 Å². The minimum Gasteiger partial charge on any atom is -0.271 e. The van der Waals surface area contributed by atoms with Crippen LogP contribution >= 0.6 is 11.6 Å². The number of hydrogen-bond donors (Lipinski definition) is 2. The third-order valence-electron chi connectivity index (χ3n) is 3.48. The van der Waals surface area contributed by atoms with Crippen LogP contribution in [0.3, 0.4) is 0 Å². The molecule has 0 aliphatic heterocycles. The van der Waals surface area contributed by atoms with E-state index in [1.165, 1.54) is 6.07 Å². The van der Waals surface area contributed by atoms with Crippen LogP contribution in [0.1, 0.15) is 32.8 Å². The first-order chi connectivity index (χ1) is 7.90. The molecule has 0 amide bonds. The number of rotatable bonds is 5. The Morgan fingerprint density at radius 3 is 2.59 bits per heavy atom. The lowest BCUT2D eigenvalue weighted by atomic mass is 9.79. The van der Waals surface area contributed by atoms with Crippen molar-refractivity contribution in [3.8, 4) is 0 Å². The van der Waals surface area contributed by atoms with Crippen LogP contribution in [0.2, 0.25) is 5.02 Å². The molecule has 1 aromatic carbocycles. The Bertz CT molecular complexity index is 380.